The maximum Gasteiger partial charge on any atom is 0.263 e. The van der Waals surface area contributed by atoms with Crippen molar-refractivity contribution >= 4 is 39.1 Å². The van der Waals surface area contributed by atoms with Gasteiger partial charge in [0.05, 0.1) is 6.04 Å². The van der Waals surface area contributed by atoms with E-state index in [-0.39, 0.29) is 17.2 Å². The van der Waals surface area contributed by atoms with Gasteiger partial charge in [-0.1, -0.05) is 39.7 Å². The van der Waals surface area contributed by atoms with Crippen LogP contribution in [-0.2, 0) is 6.42 Å². The van der Waals surface area contributed by atoms with Gasteiger partial charge in [-0.2, -0.15) is 0 Å². The zero-order valence-electron chi connectivity index (χ0n) is 14.3. The third-order valence-corrected chi connectivity index (χ3v) is 5.83. The Balaban J connectivity index is 1.67. The quantitative estimate of drug-likeness (QED) is 0.616. The van der Waals surface area contributed by atoms with Crippen LogP contribution < -0.4 is 10.9 Å². The number of amides is 1. The fourth-order valence-electron chi connectivity index (χ4n) is 3.54. The van der Waals surface area contributed by atoms with Crippen molar-refractivity contribution in [3.05, 3.63) is 97.3 Å². The molecule has 4 nitrogen and oxygen atoms in total. The first-order valence-electron chi connectivity index (χ1n) is 8.60. The molecule has 4 rings (SSSR count). The van der Waals surface area contributed by atoms with Crippen LogP contribution in [0.15, 0.2) is 70.1 Å². The van der Waals surface area contributed by atoms with E-state index in [1.165, 1.54) is 5.56 Å². The van der Waals surface area contributed by atoms with Crippen molar-refractivity contribution in [2.75, 3.05) is 5.32 Å². The Bertz CT molecular complexity index is 1080. The predicted octanol–water partition coefficient (Wildman–Crippen LogP) is 5.05. The summed E-state index contributed by atoms with van der Waals surface area (Å²) in [5.74, 6) is -0.427. The fourth-order valence-corrected chi connectivity index (χ4v) is 4.24. The lowest BCUT2D eigenvalue weighted by Gasteiger charge is -2.16. The lowest BCUT2D eigenvalue weighted by Crippen LogP contribution is -2.30. The van der Waals surface area contributed by atoms with Crippen molar-refractivity contribution in [1.29, 1.82) is 0 Å². The van der Waals surface area contributed by atoms with Crippen molar-refractivity contribution in [2.24, 2.45) is 0 Å². The SMILES string of the molecule is O=C(Nc1ccc(Cl)cc1)c1cccn(C2CCc3c(Br)cccc32)c1=O. The smallest absolute Gasteiger partial charge is 0.263 e. The van der Waals surface area contributed by atoms with Crippen molar-refractivity contribution < 1.29 is 4.79 Å². The number of rotatable bonds is 3. The number of anilines is 1. The summed E-state index contributed by atoms with van der Waals surface area (Å²) in [6.45, 7) is 0. The Morgan fingerprint density at radius 3 is 2.67 bits per heavy atom. The van der Waals surface area contributed by atoms with E-state index in [1.54, 1.807) is 47.2 Å². The van der Waals surface area contributed by atoms with Crippen LogP contribution in [0.5, 0.6) is 0 Å². The van der Waals surface area contributed by atoms with Gasteiger partial charge in [0.1, 0.15) is 5.56 Å². The highest BCUT2D eigenvalue weighted by Gasteiger charge is 2.27. The average molecular weight is 444 g/mol. The highest BCUT2D eigenvalue weighted by molar-refractivity contribution is 9.10. The molecule has 1 aromatic heterocycles. The summed E-state index contributed by atoms with van der Waals surface area (Å²) in [6, 6.07) is 16.1. The Kier molecular flexibility index (Phi) is 4.89. The molecule has 0 saturated carbocycles. The summed E-state index contributed by atoms with van der Waals surface area (Å²) < 4.78 is 2.72. The number of nitrogens with zero attached hydrogens (tertiary/aromatic N) is 1. The number of hydrogen-bond donors (Lipinski definition) is 1. The zero-order chi connectivity index (χ0) is 19.0. The standard InChI is InChI=1S/C21H16BrClN2O2/c22-18-5-1-3-16-15(18)10-11-19(16)25-12-2-4-17(21(25)27)20(26)24-14-8-6-13(23)7-9-14/h1-9,12,19H,10-11H2,(H,24,26). The third-order valence-electron chi connectivity index (χ3n) is 4.84. The summed E-state index contributed by atoms with van der Waals surface area (Å²) in [4.78, 5) is 25.6. The first kappa shape index (κ1) is 18.0. The molecule has 1 amide bonds. The maximum absolute atomic E-state index is 13.0. The molecule has 0 aliphatic heterocycles. The monoisotopic (exact) mass is 442 g/mol. The molecular weight excluding hydrogens is 428 g/mol. The molecule has 0 saturated heterocycles. The third kappa shape index (κ3) is 3.45. The largest absolute Gasteiger partial charge is 0.322 e. The molecule has 0 bridgehead atoms. The first-order valence-corrected chi connectivity index (χ1v) is 9.77. The van der Waals surface area contributed by atoms with Gasteiger partial charge in [0.25, 0.3) is 11.5 Å². The van der Waals surface area contributed by atoms with E-state index in [0.717, 1.165) is 22.9 Å². The van der Waals surface area contributed by atoms with Gasteiger partial charge >= 0.3 is 0 Å². The molecule has 1 atom stereocenters. The number of halogens is 2. The Morgan fingerprint density at radius 1 is 1.11 bits per heavy atom. The van der Waals surface area contributed by atoms with Gasteiger partial charge in [0.15, 0.2) is 0 Å². The average Bonchev–Trinajstić information content (AvgIpc) is 3.09. The summed E-state index contributed by atoms with van der Waals surface area (Å²) >= 11 is 9.45. The van der Waals surface area contributed by atoms with Crippen LogP contribution in [0.25, 0.3) is 0 Å². The van der Waals surface area contributed by atoms with Crippen LogP contribution in [0.3, 0.4) is 0 Å². The molecule has 1 unspecified atom stereocenters. The van der Waals surface area contributed by atoms with E-state index in [1.807, 2.05) is 18.2 Å². The molecule has 0 radical (unpaired) electrons. The number of nitrogens with one attached hydrogen (secondary N) is 1. The van der Waals surface area contributed by atoms with Gasteiger partial charge in [0, 0.05) is 21.4 Å². The van der Waals surface area contributed by atoms with Gasteiger partial charge in [0.2, 0.25) is 0 Å². The van der Waals surface area contributed by atoms with Crippen LogP contribution >= 0.6 is 27.5 Å². The molecule has 1 N–H and O–H groups in total. The molecule has 136 valence electrons. The number of fused-ring (bicyclic) bond motifs is 1. The van der Waals surface area contributed by atoms with Crippen molar-refractivity contribution in [3.63, 3.8) is 0 Å². The van der Waals surface area contributed by atoms with Crippen molar-refractivity contribution in [2.45, 2.75) is 18.9 Å². The summed E-state index contributed by atoms with van der Waals surface area (Å²) in [7, 11) is 0. The highest BCUT2D eigenvalue weighted by Crippen LogP contribution is 2.37. The lowest BCUT2D eigenvalue weighted by atomic mass is 10.1. The number of carbonyl (C=O) groups excluding carboxylic acids is 1. The summed E-state index contributed by atoms with van der Waals surface area (Å²) in [5, 5.41) is 3.34. The van der Waals surface area contributed by atoms with Gasteiger partial charge in [-0.05, 0) is 66.4 Å². The van der Waals surface area contributed by atoms with E-state index < -0.39 is 5.91 Å². The van der Waals surface area contributed by atoms with E-state index in [0.29, 0.717) is 10.7 Å². The van der Waals surface area contributed by atoms with E-state index in [9.17, 15) is 9.59 Å². The first-order chi connectivity index (χ1) is 13.0. The van der Waals surface area contributed by atoms with Crippen LogP contribution in [-0.4, -0.2) is 10.5 Å². The second kappa shape index (κ2) is 7.33. The molecule has 1 aliphatic rings. The topological polar surface area (TPSA) is 51.1 Å². The molecule has 0 spiro atoms. The highest BCUT2D eigenvalue weighted by atomic mass is 79.9. The normalized spacial score (nSPS) is 15.4. The molecule has 2 aromatic carbocycles. The number of pyridine rings is 1. The number of aromatic nitrogens is 1. The van der Waals surface area contributed by atoms with E-state index in [2.05, 4.69) is 21.2 Å². The molecular formula is C21H16BrClN2O2. The van der Waals surface area contributed by atoms with E-state index in [4.69, 9.17) is 11.6 Å². The Morgan fingerprint density at radius 2 is 1.89 bits per heavy atom. The maximum atomic E-state index is 13.0. The second-order valence-electron chi connectivity index (χ2n) is 6.46. The molecule has 3 aromatic rings. The van der Waals surface area contributed by atoms with Crippen molar-refractivity contribution in [3.8, 4) is 0 Å². The van der Waals surface area contributed by atoms with Gasteiger partial charge in [-0.3, -0.25) is 9.59 Å². The Hall–Kier alpha value is -2.37. The van der Waals surface area contributed by atoms with Crippen LogP contribution in [0.1, 0.15) is 33.9 Å². The number of carbonyl (C=O) groups is 1. The van der Waals surface area contributed by atoms with Crippen LogP contribution in [0.2, 0.25) is 5.02 Å². The summed E-state index contributed by atoms with van der Waals surface area (Å²) in [6.07, 6.45) is 3.48. The summed E-state index contributed by atoms with van der Waals surface area (Å²) in [5.41, 5.74) is 2.78. The van der Waals surface area contributed by atoms with E-state index >= 15 is 0 Å². The second-order valence-corrected chi connectivity index (χ2v) is 7.75. The fraction of sp³-hybridized carbons (Fsp3) is 0.143. The minimum absolute atomic E-state index is 0.0618. The van der Waals surface area contributed by atoms with Crippen molar-refractivity contribution in [1.82, 2.24) is 4.57 Å². The number of benzene rings is 2. The number of hydrogen-bond acceptors (Lipinski definition) is 2. The minimum Gasteiger partial charge on any atom is -0.322 e. The zero-order valence-corrected chi connectivity index (χ0v) is 16.6. The molecule has 1 heterocycles. The van der Waals surface area contributed by atoms with Crippen LogP contribution in [0, 0.1) is 0 Å². The Labute approximate surface area is 169 Å². The molecule has 0 fully saturated rings. The molecule has 6 heteroatoms. The van der Waals surface area contributed by atoms with Gasteiger partial charge in [-0.25, -0.2) is 0 Å². The molecule has 1 aliphatic carbocycles. The van der Waals surface area contributed by atoms with Gasteiger partial charge < -0.3 is 9.88 Å². The predicted molar refractivity (Wildman–Crippen MR) is 111 cm³/mol. The molecule has 27 heavy (non-hydrogen) atoms. The minimum atomic E-state index is -0.427. The van der Waals surface area contributed by atoms with Gasteiger partial charge in [-0.15, -0.1) is 0 Å². The van der Waals surface area contributed by atoms with Crippen LogP contribution in [0.4, 0.5) is 5.69 Å². The lowest BCUT2D eigenvalue weighted by molar-refractivity contribution is 0.102.